The number of benzene rings is 1. The Bertz CT molecular complexity index is 1310. The Labute approximate surface area is 251 Å². The van der Waals surface area contributed by atoms with Crippen LogP contribution in [-0.4, -0.2) is 56.4 Å². The molecule has 1 aromatic heterocycles. The summed E-state index contributed by atoms with van der Waals surface area (Å²) in [6.45, 7) is 5.30. The van der Waals surface area contributed by atoms with Crippen LogP contribution in [-0.2, 0) is 20.7 Å². The number of carbonyl (C=O) groups is 1. The molecule has 1 unspecified atom stereocenters. The van der Waals surface area contributed by atoms with Crippen molar-refractivity contribution >= 4 is 17.7 Å². The van der Waals surface area contributed by atoms with Gasteiger partial charge in [-0.05, 0) is 100 Å². The van der Waals surface area contributed by atoms with Crippen LogP contribution in [0, 0.1) is 11.8 Å². The average Bonchev–Trinajstić information content (AvgIpc) is 3.17. The number of aryl methyl sites for hydroxylation is 1. The number of allylic oxidation sites excluding steroid dienone is 2. The van der Waals surface area contributed by atoms with Gasteiger partial charge in [0.2, 0.25) is 0 Å². The Morgan fingerprint density at radius 2 is 1.79 bits per heavy atom. The minimum atomic E-state index is 0.123. The van der Waals surface area contributed by atoms with Gasteiger partial charge in [0.1, 0.15) is 17.4 Å². The van der Waals surface area contributed by atoms with Crippen LogP contribution in [0.1, 0.15) is 76.7 Å². The van der Waals surface area contributed by atoms with E-state index in [1.165, 1.54) is 5.57 Å². The molecule has 2 aliphatic rings. The van der Waals surface area contributed by atoms with Gasteiger partial charge in [-0.15, -0.1) is 0 Å². The van der Waals surface area contributed by atoms with Crippen molar-refractivity contribution in [3.05, 3.63) is 63.9 Å². The number of hydrogen-bond acceptors (Lipinski definition) is 7. The molecule has 0 radical (unpaired) electrons. The van der Waals surface area contributed by atoms with E-state index in [2.05, 4.69) is 17.9 Å². The van der Waals surface area contributed by atoms with E-state index in [-0.39, 0.29) is 5.92 Å². The molecule has 4 rings (SSSR count). The number of Topliss-reactive ketones (excluding diaryl/α,β-unsaturated/α-hetero) is 1. The maximum Gasteiger partial charge on any atom is 0.137 e. The lowest BCUT2D eigenvalue weighted by molar-refractivity contribution is -0.124. The highest BCUT2D eigenvalue weighted by Gasteiger charge is 2.28. The highest BCUT2D eigenvalue weighted by atomic mass is 16.5. The molecule has 1 aromatic carbocycles. The zero-order chi connectivity index (χ0) is 29.7. The Morgan fingerprint density at radius 1 is 1.02 bits per heavy atom. The van der Waals surface area contributed by atoms with Crippen LogP contribution in [0.3, 0.4) is 0 Å². The van der Waals surface area contributed by atoms with E-state index in [1.807, 2.05) is 30.5 Å². The number of pyridine rings is 1. The molecule has 2 aliphatic heterocycles. The normalized spacial score (nSPS) is 16.4. The number of aromatic nitrogens is 1. The van der Waals surface area contributed by atoms with E-state index in [0.29, 0.717) is 30.5 Å². The lowest BCUT2D eigenvalue weighted by Crippen LogP contribution is -2.42. The van der Waals surface area contributed by atoms with Crippen LogP contribution < -0.4 is 15.5 Å². The number of aromatic hydroxyl groups is 1. The van der Waals surface area contributed by atoms with Crippen molar-refractivity contribution in [2.24, 2.45) is 16.8 Å². The monoisotopic (exact) mass is 575 g/mol. The molecule has 0 spiro atoms. The summed E-state index contributed by atoms with van der Waals surface area (Å²) in [4.78, 5) is 25.5. The largest absolute Gasteiger partial charge is 0.508 e. The molecule has 2 aromatic rings. The van der Waals surface area contributed by atoms with Crippen molar-refractivity contribution in [3.63, 3.8) is 0 Å². The topological polar surface area (TPSA) is 84.2 Å². The number of anilines is 1. The van der Waals surface area contributed by atoms with Crippen LogP contribution in [0.15, 0.2) is 52.8 Å². The van der Waals surface area contributed by atoms with Crippen molar-refractivity contribution in [1.82, 2.24) is 4.98 Å². The van der Waals surface area contributed by atoms with Gasteiger partial charge < -0.3 is 19.5 Å². The first-order valence-corrected chi connectivity index (χ1v) is 15.7. The molecule has 42 heavy (non-hydrogen) atoms. The number of phenolic OH excluding ortho intramolecular Hbond substituents is 1. The van der Waals surface area contributed by atoms with E-state index in [9.17, 15) is 9.90 Å². The van der Waals surface area contributed by atoms with Gasteiger partial charge >= 0.3 is 0 Å². The number of carbonyl (C=O) groups excluding carboxylic acids is 1. The zero-order valence-electron chi connectivity index (χ0n) is 25.8. The summed E-state index contributed by atoms with van der Waals surface area (Å²) in [6, 6.07) is 9.62. The molecule has 7 nitrogen and oxygen atoms in total. The predicted octanol–water partition coefficient (Wildman–Crippen LogP) is 5.53. The third-order valence-electron chi connectivity index (χ3n) is 8.84. The van der Waals surface area contributed by atoms with Gasteiger partial charge in [0.15, 0.2) is 0 Å². The molecule has 1 N–H and O–H groups in total. The lowest BCUT2D eigenvalue weighted by Gasteiger charge is -2.33. The molecule has 228 valence electrons. The highest BCUT2D eigenvalue weighted by Crippen LogP contribution is 2.26. The van der Waals surface area contributed by atoms with E-state index in [4.69, 9.17) is 19.5 Å². The summed E-state index contributed by atoms with van der Waals surface area (Å²) in [5, 5.41) is 12.2. The SMILES string of the molecule is COCCCC(CCOC)CC(=O)C1CCN(c2nccc3c2=CCC(C)=C(CCCCc2ccccc2O)N=3)CC1. The summed E-state index contributed by atoms with van der Waals surface area (Å²) >= 11 is 0. The molecule has 7 heteroatoms. The number of hydrogen-bond donors (Lipinski definition) is 1. The van der Waals surface area contributed by atoms with Gasteiger partial charge in [-0.1, -0.05) is 24.3 Å². The highest BCUT2D eigenvalue weighted by molar-refractivity contribution is 5.81. The van der Waals surface area contributed by atoms with Crippen LogP contribution in [0.25, 0.3) is 6.08 Å². The summed E-state index contributed by atoms with van der Waals surface area (Å²) in [6.07, 6.45) is 14.2. The third kappa shape index (κ3) is 8.98. The number of rotatable bonds is 16. The predicted molar refractivity (Wildman–Crippen MR) is 168 cm³/mol. The summed E-state index contributed by atoms with van der Waals surface area (Å²) < 4.78 is 10.5. The van der Waals surface area contributed by atoms with Gasteiger partial charge in [0.25, 0.3) is 0 Å². The second kappa shape index (κ2) is 16.6. The number of phenols is 1. The van der Waals surface area contributed by atoms with Crippen molar-refractivity contribution in [2.75, 3.05) is 45.4 Å². The molecule has 0 aliphatic carbocycles. The second-order valence-corrected chi connectivity index (χ2v) is 11.9. The molecule has 1 saturated heterocycles. The number of para-hydroxylation sites is 1. The maximum absolute atomic E-state index is 13.3. The maximum atomic E-state index is 13.3. The number of methoxy groups -OCH3 is 2. The van der Waals surface area contributed by atoms with Crippen molar-refractivity contribution in [1.29, 1.82) is 0 Å². The van der Waals surface area contributed by atoms with Gasteiger partial charge in [-0.25, -0.2) is 4.98 Å². The molecule has 3 heterocycles. The first-order chi connectivity index (χ1) is 20.5. The van der Waals surface area contributed by atoms with Crippen LogP contribution >= 0.6 is 0 Å². The van der Waals surface area contributed by atoms with Gasteiger partial charge in [0.05, 0.1) is 5.36 Å². The Hall–Kier alpha value is -3.03. The Morgan fingerprint density at radius 3 is 2.55 bits per heavy atom. The average molecular weight is 576 g/mol. The lowest BCUT2D eigenvalue weighted by atomic mass is 9.85. The standard InChI is InChI=1S/C35H49N3O4/c1-26-14-15-30-32(37-31(26)12-6-4-10-28-11-5-7-13-33(28)39)16-20-36-35(30)38-21-17-29(18-22-38)34(40)25-27(19-24-42-3)9-8-23-41-2/h5,7,11,13,15-16,20,27,29,39H,4,6,8-10,12,14,17-19,21-25H2,1-3H3. The summed E-state index contributed by atoms with van der Waals surface area (Å²) in [5.41, 5.74) is 3.48. The minimum absolute atomic E-state index is 0.123. The van der Waals surface area contributed by atoms with Crippen molar-refractivity contribution in [3.8, 4) is 5.75 Å². The number of nitrogens with zero attached hydrogens (tertiary/aromatic N) is 3. The van der Waals surface area contributed by atoms with Crippen LogP contribution in [0.2, 0.25) is 0 Å². The smallest absolute Gasteiger partial charge is 0.137 e. The number of ketones is 1. The van der Waals surface area contributed by atoms with E-state index in [1.54, 1.807) is 20.3 Å². The van der Waals surface area contributed by atoms with E-state index in [0.717, 1.165) is 112 Å². The molecule has 0 saturated carbocycles. The fourth-order valence-electron chi connectivity index (χ4n) is 6.22. The quantitative estimate of drug-likeness (QED) is 0.265. The van der Waals surface area contributed by atoms with Gasteiger partial charge in [0, 0.05) is 70.0 Å². The van der Waals surface area contributed by atoms with Crippen molar-refractivity contribution < 1.29 is 19.4 Å². The molecule has 0 bridgehead atoms. The zero-order valence-corrected chi connectivity index (χ0v) is 25.8. The molecular weight excluding hydrogens is 526 g/mol. The van der Waals surface area contributed by atoms with E-state index >= 15 is 0 Å². The molecule has 1 fully saturated rings. The molecular formula is C35H49N3O4. The number of ether oxygens (including phenoxy) is 2. The second-order valence-electron chi connectivity index (χ2n) is 11.9. The van der Waals surface area contributed by atoms with E-state index < -0.39 is 0 Å². The summed E-state index contributed by atoms with van der Waals surface area (Å²) in [7, 11) is 3.46. The Balaban J connectivity index is 1.35. The van der Waals surface area contributed by atoms with Gasteiger partial charge in [-0.2, -0.15) is 0 Å². The molecule has 1 atom stereocenters. The minimum Gasteiger partial charge on any atom is -0.508 e. The summed E-state index contributed by atoms with van der Waals surface area (Å²) in [5.74, 6) is 2.27. The number of fused-ring (bicyclic) bond motifs is 1. The van der Waals surface area contributed by atoms with Crippen molar-refractivity contribution in [2.45, 2.75) is 77.6 Å². The first kappa shape index (κ1) is 31.9. The van der Waals surface area contributed by atoms with Gasteiger partial charge in [-0.3, -0.25) is 9.79 Å². The number of unbranched alkanes of at least 4 members (excludes halogenated alkanes) is 1. The fourth-order valence-corrected chi connectivity index (χ4v) is 6.22. The van der Waals surface area contributed by atoms with Crippen LogP contribution in [0.4, 0.5) is 5.82 Å². The third-order valence-corrected chi connectivity index (χ3v) is 8.84. The number of piperidine rings is 1. The molecule has 0 amide bonds. The Kier molecular flexibility index (Phi) is 12.6. The fraction of sp³-hybridized carbons (Fsp3) is 0.571. The first-order valence-electron chi connectivity index (χ1n) is 15.7. The van der Waals surface area contributed by atoms with Crippen LogP contribution in [0.5, 0.6) is 5.75 Å².